The molecule has 0 spiro atoms. The zero-order valence-electron chi connectivity index (χ0n) is 10.7. The summed E-state index contributed by atoms with van der Waals surface area (Å²) in [4.78, 5) is 0. The van der Waals surface area contributed by atoms with E-state index in [4.69, 9.17) is 15.2 Å². The van der Waals surface area contributed by atoms with Gasteiger partial charge in [0.15, 0.2) is 0 Å². The topological polar surface area (TPSA) is 44.5 Å². The van der Waals surface area contributed by atoms with Crippen LogP contribution in [0.5, 0.6) is 11.5 Å². The lowest BCUT2D eigenvalue weighted by molar-refractivity contribution is 0.381. The van der Waals surface area contributed by atoms with Crippen LogP contribution in [-0.2, 0) is 0 Å². The number of hydrogen-bond acceptors (Lipinski definition) is 4. The van der Waals surface area contributed by atoms with E-state index in [1.165, 1.54) is 6.42 Å². The van der Waals surface area contributed by atoms with Gasteiger partial charge in [-0.1, -0.05) is 13.0 Å². The van der Waals surface area contributed by atoms with Gasteiger partial charge < -0.3 is 15.2 Å². The van der Waals surface area contributed by atoms with Crippen LogP contribution >= 0.6 is 11.8 Å². The summed E-state index contributed by atoms with van der Waals surface area (Å²) >= 11 is 1.86. The van der Waals surface area contributed by atoms with Gasteiger partial charge in [-0.2, -0.15) is 11.8 Å². The number of ether oxygens (including phenoxy) is 2. The fraction of sp³-hybridized carbons (Fsp3) is 0.538. The van der Waals surface area contributed by atoms with Crippen molar-refractivity contribution in [1.82, 2.24) is 0 Å². The highest BCUT2D eigenvalue weighted by atomic mass is 32.2. The minimum atomic E-state index is -0.0577. The standard InChI is InChI=1S/C13H21NO2S/c1-4-8-17-9-10(14)13-11(15-2)6-5-7-12(13)16-3/h5-7,10H,4,8-9,14H2,1-3H3. The molecule has 3 nitrogen and oxygen atoms in total. The van der Waals surface area contributed by atoms with Crippen molar-refractivity contribution in [2.24, 2.45) is 5.73 Å². The van der Waals surface area contributed by atoms with Crippen LogP contribution in [0.2, 0.25) is 0 Å². The molecule has 0 bridgehead atoms. The highest BCUT2D eigenvalue weighted by Crippen LogP contribution is 2.34. The second kappa shape index (κ2) is 7.45. The van der Waals surface area contributed by atoms with Crippen molar-refractivity contribution < 1.29 is 9.47 Å². The van der Waals surface area contributed by atoms with E-state index in [0.29, 0.717) is 0 Å². The maximum absolute atomic E-state index is 6.21. The molecule has 0 aliphatic carbocycles. The van der Waals surface area contributed by atoms with E-state index in [9.17, 15) is 0 Å². The lowest BCUT2D eigenvalue weighted by Gasteiger charge is -2.18. The average Bonchev–Trinajstić information content (AvgIpc) is 2.37. The van der Waals surface area contributed by atoms with Gasteiger partial charge in [-0.25, -0.2) is 0 Å². The highest BCUT2D eigenvalue weighted by Gasteiger charge is 2.17. The van der Waals surface area contributed by atoms with Gasteiger partial charge in [0.25, 0.3) is 0 Å². The van der Waals surface area contributed by atoms with E-state index in [1.807, 2.05) is 30.0 Å². The number of thioether (sulfide) groups is 1. The van der Waals surface area contributed by atoms with Crippen LogP contribution in [0.25, 0.3) is 0 Å². The van der Waals surface area contributed by atoms with E-state index in [2.05, 4.69) is 6.92 Å². The van der Waals surface area contributed by atoms with Gasteiger partial charge in [0.2, 0.25) is 0 Å². The zero-order valence-corrected chi connectivity index (χ0v) is 11.5. The third kappa shape index (κ3) is 3.82. The van der Waals surface area contributed by atoms with Crippen molar-refractivity contribution in [3.8, 4) is 11.5 Å². The molecule has 0 amide bonds. The van der Waals surface area contributed by atoms with Gasteiger partial charge in [-0.15, -0.1) is 0 Å². The van der Waals surface area contributed by atoms with Crippen LogP contribution in [0, 0.1) is 0 Å². The van der Waals surface area contributed by atoms with Gasteiger partial charge in [-0.05, 0) is 24.3 Å². The first kappa shape index (κ1) is 14.2. The Balaban J connectivity index is 2.85. The summed E-state index contributed by atoms with van der Waals surface area (Å²) in [7, 11) is 3.31. The molecule has 96 valence electrons. The molecule has 1 unspecified atom stereocenters. The maximum Gasteiger partial charge on any atom is 0.127 e. The molecule has 0 saturated heterocycles. The third-order valence-electron chi connectivity index (χ3n) is 2.48. The minimum absolute atomic E-state index is 0.0577. The van der Waals surface area contributed by atoms with Gasteiger partial charge in [0, 0.05) is 11.8 Å². The van der Waals surface area contributed by atoms with Gasteiger partial charge in [0.05, 0.1) is 19.8 Å². The summed E-state index contributed by atoms with van der Waals surface area (Å²) in [6.07, 6.45) is 1.17. The first-order valence-corrected chi connectivity index (χ1v) is 6.94. The lowest BCUT2D eigenvalue weighted by atomic mass is 10.1. The van der Waals surface area contributed by atoms with Gasteiger partial charge >= 0.3 is 0 Å². The summed E-state index contributed by atoms with van der Waals surface area (Å²) in [5.74, 6) is 3.61. The predicted octanol–water partition coefficient (Wildman–Crippen LogP) is 2.85. The number of benzene rings is 1. The van der Waals surface area contributed by atoms with Gasteiger partial charge in [-0.3, -0.25) is 0 Å². The van der Waals surface area contributed by atoms with Crippen LogP contribution in [0.1, 0.15) is 24.9 Å². The van der Waals surface area contributed by atoms with E-state index < -0.39 is 0 Å². The molecule has 1 atom stereocenters. The Kier molecular flexibility index (Phi) is 6.22. The lowest BCUT2D eigenvalue weighted by Crippen LogP contribution is -2.15. The second-order valence-corrected chi connectivity index (χ2v) is 4.91. The third-order valence-corrected chi connectivity index (χ3v) is 3.77. The summed E-state index contributed by atoms with van der Waals surface area (Å²) in [6.45, 7) is 2.17. The number of nitrogens with two attached hydrogens (primary N) is 1. The fourth-order valence-electron chi connectivity index (χ4n) is 1.68. The number of hydrogen-bond donors (Lipinski definition) is 1. The van der Waals surface area contributed by atoms with E-state index in [1.54, 1.807) is 14.2 Å². The molecular weight excluding hydrogens is 234 g/mol. The summed E-state index contributed by atoms with van der Waals surface area (Å²) < 4.78 is 10.7. The number of rotatable bonds is 7. The van der Waals surface area contributed by atoms with Crippen molar-refractivity contribution in [1.29, 1.82) is 0 Å². The molecule has 0 aliphatic rings. The Morgan fingerprint density at radius 3 is 2.29 bits per heavy atom. The number of methoxy groups -OCH3 is 2. The molecule has 0 aromatic heterocycles. The molecule has 17 heavy (non-hydrogen) atoms. The van der Waals surface area contributed by atoms with Gasteiger partial charge in [0.1, 0.15) is 11.5 Å². The zero-order chi connectivity index (χ0) is 12.7. The Bertz CT molecular complexity index is 322. The van der Waals surface area contributed by atoms with Crippen LogP contribution in [0.3, 0.4) is 0 Å². The molecule has 1 aromatic rings. The Morgan fingerprint density at radius 2 is 1.82 bits per heavy atom. The van der Waals surface area contributed by atoms with Crippen molar-refractivity contribution in [2.45, 2.75) is 19.4 Å². The molecule has 4 heteroatoms. The van der Waals surface area contributed by atoms with Crippen LogP contribution in [0.4, 0.5) is 0 Å². The predicted molar refractivity (Wildman–Crippen MR) is 74.1 cm³/mol. The summed E-state index contributed by atoms with van der Waals surface area (Å²) in [5.41, 5.74) is 7.17. The molecule has 1 rings (SSSR count). The molecule has 0 fully saturated rings. The smallest absolute Gasteiger partial charge is 0.127 e. The quantitative estimate of drug-likeness (QED) is 0.761. The maximum atomic E-state index is 6.21. The minimum Gasteiger partial charge on any atom is -0.496 e. The van der Waals surface area contributed by atoms with Crippen molar-refractivity contribution >= 4 is 11.8 Å². The first-order chi connectivity index (χ1) is 8.24. The van der Waals surface area contributed by atoms with Crippen LogP contribution < -0.4 is 15.2 Å². The van der Waals surface area contributed by atoms with Crippen LogP contribution in [0.15, 0.2) is 18.2 Å². The summed E-state index contributed by atoms with van der Waals surface area (Å²) in [6, 6.07) is 5.69. The molecule has 0 radical (unpaired) electrons. The largest absolute Gasteiger partial charge is 0.496 e. The van der Waals surface area contributed by atoms with Crippen molar-refractivity contribution in [2.75, 3.05) is 25.7 Å². The summed E-state index contributed by atoms with van der Waals surface area (Å²) in [5, 5.41) is 0. The average molecular weight is 255 g/mol. The SMILES string of the molecule is CCCSCC(N)c1c(OC)cccc1OC. The second-order valence-electron chi connectivity index (χ2n) is 3.76. The van der Waals surface area contributed by atoms with E-state index in [0.717, 1.165) is 28.6 Å². The Hall–Kier alpha value is -0.870. The molecule has 2 N–H and O–H groups in total. The molecule has 0 heterocycles. The molecule has 1 aromatic carbocycles. The van der Waals surface area contributed by atoms with Crippen molar-refractivity contribution in [3.05, 3.63) is 23.8 Å². The van der Waals surface area contributed by atoms with E-state index in [-0.39, 0.29) is 6.04 Å². The van der Waals surface area contributed by atoms with Crippen molar-refractivity contribution in [3.63, 3.8) is 0 Å². The molecular formula is C13H21NO2S. The first-order valence-electron chi connectivity index (χ1n) is 5.78. The normalized spacial score (nSPS) is 12.2. The Labute approximate surface area is 108 Å². The fourth-order valence-corrected chi connectivity index (χ4v) is 2.56. The molecule has 0 aliphatic heterocycles. The Morgan fingerprint density at radius 1 is 1.24 bits per heavy atom. The highest BCUT2D eigenvalue weighted by molar-refractivity contribution is 7.99. The van der Waals surface area contributed by atoms with Crippen LogP contribution in [-0.4, -0.2) is 25.7 Å². The van der Waals surface area contributed by atoms with E-state index >= 15 is 0 Å². The molecule has 0 saturated carbocycles. The monoisotopic (exact) mass is 255 g/mol.